The molecule has 0 aliphatic carbocycles. The van der Waals surface area contributed by atoms with E-state index in [0.29, 0.717) is 6.42 Å². The number of piperazine rings is 1. The van der Waals surface area contributed by atoms with Crippen molar-refractivity contribution in [1.29, 1.82) is 0 Å². The molecule has 8 heteroatoms. The minimum absolute atomic E-state index is 0.0925. The number of nitrogens with one attached hydrogen (secondary N) is 1. The maximum Gasteiger partial charge on any atom is 0.229 e. The molecule has 1 aliphatic heterocycles. The van der Waals surface area contributed by atoms with Crippen molar-refractivity contribution in [1.82, 2.24) is 19.8 Å². The average Bonchev–Trinajstić information content (AvgIpc) is 2.88. The number of amides is 2. The number of hydrogen-bond acceptors (Lipinski definition) is 6. The molecule has 1 N–H and O–H groups in total. The lowest BCUT2D eigenvalue weighted by atomic mass is 9.90. The lowest BCUT2D eigenvalue weighted by Crippen LogP contribution is -2.53. The van der Waals surface area contributed by atoms with Crippen LogP contribution in [0.2, 0.25) is 0 Å². The number of benzene rings is 2. The van der Waals surface area contributed by atoms with Gasteiger partial charge in [-0.1, -0.05) is 24.3 Å². The van der Waals surface area contributed by atoms with Crippen LogP contribution in [0.4, 0.5) is 11.4 Å². The molecule has 1 saturated heterocycles. The van der Waals surface area contributed by atoms with Gasteiger partial charge in [0.2, 0.25) is 11.8 Å². The number of carbonyl (C=O) groups is 2. The summed E-state index contributed by atoms with van der Waals surface area (Å²) in [6.45, 7) is 9.44. The molecule has 0 saturated carbocycles. The van der Waals surface area contributed by atoms with Crippen LogP contribution >= 0.6 is 0 Å². The largest absolute Gasteiger partial charge is 0.368 e. The molecule has 8 nitrogen and oxygen atoms in total. The first-order valence-corrected chi connectivity index (χ1v) is 13.1. The Balaban J connectivity index is 1.34. The molecule has 0 unspecified atom stereocenters. The lowest BCUT2D eigenvalue weighted by Gasteiger charge is -2.40. The quantitative estimate of drug-likeness (QED) is 0.491. The predicted molar refractivity (Wildman–Crippen MR) is 152 cm³/mol. The molecule has 0 bridgehead atoms. The van der Waals surface area contributed by atoms with Gasteiger partial charge >= 0.3 is 0 Å². The summed E-state index contributed by atoms with van der Waals surface area (Å²) in [6, 6.07) is 18.1. The van der Waals surface area contributed by atoms with Crippen LogP contribution in [0.15, 0.2) is 60.8 Å². The van der Waals surface area contributed by atoms with Gasteiger partial charge in [-0.3, -0.25) is 9.59 Å². The van der Waals surface area contributed by atoms with E-state index in [1.54, 1.807) is 6.20 Å². The predicted octanol–water partition coefficient (Wildman–Crippen LogP) is 3.93. The van der Waals surface area contributed by atoms with Crippen molar-refractivity contribution in [2.24, 2.45) is 5.41 Å². The first-order chi connectivity index (χ1) is 18.1. The molecule has 200 valence electrons. The van der Waals surface area contributed by atoms with E-state index in [4.69, 9.17) is 4.98 Å². The van der Waals surface area contributed by atoms with E-state index in [0.717, 1.165) is 61.1 Å². The van der Waals surface area contributed by atoms with Gasteiger partial charge in [-0.25, -0.2) is 9.97 Å². The molecule has 1 aromatic heterocycles. The van der Waals surface area contributed by atoms with Gasteiger partial charge in [0.25, 0.3) is 0 Å². The van der Waals surface area contributed by atoms with Crippen LogP contribution < -0.4 is 10.2 Å². The van der Waals surface area contributed by atoms with Gasteiger partial charge in [-0.2, -0.15) is 0 Å². The number of anilines is 2. The Morgan fingerprint density at radius 1 is 0.947 bits per heavy atom. The van der Waals surface area contributed by atoms with Gasteiger partial charge in [0, 0.05) is 69.2 Å². The summed E-state index contributed by atoms with van der Waals surface area (Å²) in [7, 11) is 4.02. The monoisotopic (exact) mass is 514 g/mol. The first kappa shape index (κ1) is 27.3. The highest BCUT2D eigenvalue weighted by Crippen LogP contribution is 2.24. The van der Waals surface area contributed by atoms with Crippen LogP contribution in [0.3, 0.4) is 0 Å². The molecular formula is C30H38N6O2. The van der Waals surface area contributed by atoms with Crippen LogP contribution in [-0.4, -0.2) is 78.4 Å². The topological polar surface area (TPSA) is 81.7 Å². The van der Waals surface area contributed by atoms with Crippen LogP contribution in [0.25, 0.3) is 11.3 Å². The number of rotatable bonds is 8. The van der Waals surface area contributed by atoms with E-state index >= 15 is 0 Å². The van der Waals surface area contributed by atoms with Crippen molar-refractivity contribution in [3.05, 3.63) is 72.2 Å². The van der Waals surface area contributed by atoms with Gasteiger partial charge in [-0.05, 0) is 63.8 Å². The Morgan fingerprint density at radius 3 is 2.21 bits per heavy atom. The average molecular weight is 515 g/mol. The second-order valence-corrected chi connectivity index (χ2v) is 10.9. The Kier molecular flexibility index (Phi) is 8.42. The van der Waals surface area contributed by atoms with Gasteiger partial charge < -0.3 is 20.0 Å². The number of hydrogen-bond donors (Lipinski definition) is 1. The van der Waals surface area contributed by atoms with Gasteiger partial charge in [0.1, 0.15) is 5.82 Å². The molecule has 0 radical (unpaired) electrons. The van der Waals surface area contributed by atoms with Gasteiger partial charge in [0.05, 0.1) is 11.1 Å². The fourth-order valence-electron chi connectivity index (χ4n) is 5.03. The molecule has 1 aliphatic rings. The summed E-state index contributed by atoms with van der Waals surface area (Å²) in [5.74, 6) is 0.894. The molecule has 38 heavy (non-hydrogen) atoms. The van der Waals surface area contributed by atoms with Gasteiger partial charge in [0.15, 0.2) is 0 Å². The lowest BCUT2D eigenvalue weighted by molar-refractivity contribution is -0.141. The smallest absolute Gasteiger partial charge is 0.229 e. The molecule has 4 rings (SSSR count). The molecule has 0 atom stereocenters. The highest BCUT2D eigenvalue weighted by atomic mass is 16.2. The number of carbonyl (C=O) groups excluding carboxylic acids is 2. The SMILES string of the molecule is CC(=O)Nc1ccc(-c2ccnc(Cc3ccc(N4CCN(C(=O)C(C)(C)CN(C)C)CC4)cc3)n2)cc1. The van der Waals surface area contributed by atoms with E-state index < -0.39 is 0 Å². The van der Waals surface area contributed by atoms with Crippen molar-refractivity contribution in [3.63, 3.8) is 0 Å². The summed E-state index contributed by atoms with van der Waals surface area (Å²) in [5.41, 5.74) is 4.51. The van der Waals surface area contributed by atoms with Crippen molar-refractivity contribution in [2.75, 3.05) is 57.0 Å². The fourth-order valence-corrected chi connectivity index (χ4v) is 5.03. The van der Waals surface area contributed by atoms with E-state index in [-0.39, 0.29) is 17.2 Å². The molecule has 2 aromatic carbocycles. The number of nitrogens with zero attached hydrogens (tertiary/aromatic N) is 5. The van der Waals surface area contributed by atoms with E-state index in [1.807, 2.05) is 63.2 Å². The second-order valence-electron chi connectivity index (χ2n) is 10.9. The van der Waals surface area contributed by atoms with Crippen LogP contribution in [0.1, 0.15) is 32.2 Å². The number of aromatic nitrogens is 2. The Labute approximate surface area is 225 Å². The third-order valence-electron chi connectivity index (χ3n) is 6.73. The normalized spacial score (nSPS) is 14.1. The Hall–Kier alpha value is -3.78. The van der Waals surface area contributed by atoms with Crippen LogP contribution in [-0.2, 0) is 16.0 Å². The molecule has 2 amide bonds. The minimum Gasteiger partial charge on any atom is -0.368 e. The molecule has 2 heterocycles. The van der Waals surface area contributed by atoms with Gasteiger partial charge in [-0.15, -0.1) is 0 Å². The molecule has 1 fully saturated rings. The zero-order valence-electron chi connectivity index (χ0n) is 23.1. The van der Waals surface area contributed by atoms with Crippen molar-refractivity contribution >= 4 is 23.2 Å². The third kappa shape index (κ3) is 6.95. The van der Waals surface area contributed by atoms with Crippen molar-refractivity contribution in [3.8, 4) is 11.3 Å². The third-order valence-corrected chi connectivity index (χ3v) is 6.73. The molecule has 0 spiro atoms. The summed E-state index contributed by atoms with van der Waals surface area (Å²) in [6.07, 6.45) is 2.43. The molecule has 3 aromatic rings. The zero-order valence-corrected chi connectivity index (χ0v) is 23.1. The molecular weight excluding hydrogens is 476 g/mol. The standard InChI is InChI=1S/C30H38N6O2/c1-22(37)32-25-10-8-24(9-11-25)27-14-15-31-28(33-27)20-23-6-12-26(13-7-23)35-16-18-36(19-17-35)29(38)30(2,3)21-34(4)5/h6-15H,16-21H2,1-5H3,(H,32,37). The van der Waals surface area contributed by atoms with Crippen molar-refractivity contribution < 1.29 is 9.59 Å². The first-order valence-electron chi connectivity index (χ1n) is 13.1. The minimum atomic E-state index is -0.386. The highest BCUT2D eigenvalue weighted by Gasteiger charge is 2.34. The summed E-state index contributed by atoms with van der Waals surface area (Å²) in [4.78, 5) is 39.9. The summed E-state index contributed by atoms with van der Waals surface area (Å²) >= 11 is 0. The van der Waals surface area contributed by atoms with Crippen LogP contribution in [0, 0.1) is 5.41 Å². The summed E-state index contributed by atoms with van der Waals surface area (Å²) < 4.78 is 0. The Morgan fingerprint density at radius 2 is 1.61 bits per heavy atom. The zero-order chi connectivity index (χ0) is 27.3. The second kappa shape index (κ2) is 11.7. The van der Waals surface area contributed by atoms with E-state index in [9.17, 15) is 9.59 Å². The van der Waals surface area contributed by atoms with Crippen molar-refractivity contribution in [2.45, 2.75) is 27.2 Å². The maximum absolute atomic E-state index is 13.0. The maximum atomic E-state index is 13.0. The Bertz CT molecular complexity index is 1250. The van der Waals surface area contributed by atoms with Crippen LogP contribution in [0.5, 0.6) is 0 Å². The highest BCUT2D eigenvalue weighted by molar-refractivity contribution is 5.88. The fraction of sp³-hybridized carbons (Fsp3) is 0.400. The summed E-state index contributed by atoms with van der Waals surface area (Å²) in [5, 5.41) is 2.78. The van der Waals surface area contributed by atoms with E-state index in [1.165, 1.54) is 12.6 Å². The van der Waals surface area contributed by atoms with E-state index in [2.05, 4.69) is 44.4 Å².